The van der Waals surface area contributed by atoms with Crippen LogP contribution in [0.15, 0.2) is 0 Å². The highest BCUT2D eigenvalue weighted by Crippen LogP contribution is 1.87. The van der Waals surface area contributed by atoms with Gasteiger partial charge in [0.15, 0.2) is 0 Å². The summed E-state index contributed by atoms with van der Waals surface area (Å²) in [4.78, 5) is 21.0. The summed E-state index contributed by atoms with van der Waals surface area (Å²) >= 11 is 0. The van der Waals surface area contributed by atoms with Crippen molar-refractivity contribution in [1.29, 1.82) is 0 Å². The summed E-state index contributed by atoms with van der Waals surface area (Å²) in [7, 11) is 0. The maximum Gasteiger partial charge on any atom is 0.407 e. The second-order valence-corrected chi connectivity index (χ2v) is 2.51. The van der Waals surface area contributed by atoms with Gasteiger partial charge in [0.05, 0.1) is 12.6 Å². The molecular formula is C7H13NO3. The highest BCUT2D eigenvalue weighted by molar-refractivity contribution is 5.81. The van der Waals surface area contributed by atoms with Crippen molar-refractivity contribution in [3.05, 3.63) is 0 Å². The Kier molecular flexibility index (Phi) is 4.26. The fraction of sp³-hybridized carbons (Fsp3) is 0.714. The summed E-state index contributed by atoms with van der Waals surface area (Å²) in [5.74, 6) is -0.0919. The van der Waals surface area contributed by atoms with E-state index in [1.54, 1.807) is 13.8 Å². The molecule has 0 aromatic heterocycles. The second kappa shape index (κ2) is 4.71. The van der Waals surface area contributed by atoms with Crippen LogP contribution in [0.25, 0.3) is 0 Å². The lowest BCUT2D eigenvalue weighted by Crippen LogP contribution is -2.30. The first-order valence-corrected chi connectivity index (χ1v) is 3.46. The Morgan fingerprint density at radius 1 is 1.45 bits per heavy atom. The third-order valence-corrected chi connectivity index (χ3v) is 0.824. The molecule has 0 radical (unpaired) electrons. The Morgan fingerprint density at radius 2 is 2.00 bits per heavy atom. The van der Waals surface area contributed by atoms with Crippen molar-refractivity contribution in [2.75, 3.05) is 6.54 Å². The Balaban J connectivity index is 3.45. The standard InChI is InChI=1S/C7H13NO3/c1-5(2)11-7(10)8-4-6(3)9/h5H,4H2,1-3H3,(H,8,10). The first kappa shape index (κ1) is 9.94. The molecular weight excluding hydrogens is 146 g/mol. The van der Waals surface area contributed by atoms with Gasteiger partial charge in [-0.2, -0.15) is 0 Å². The molecule has 0 heterocycles. The third-order valence-electron chi connectivity index (χ3n) is 0.824. The zero-order chi connectivity index (χ0) is 8.85. The number of carbonyl (C=O) groups is 2. The van der Waals surface area contributed by atoms with E-state index in [0.717, 1.165) is 0 Å². The molecule has 1 N–H and O–H groups in total. The molecule has 1 amide bonds. The van der Waals surface area contributed by atoms with Gasteiger partial charge in [0.1, 0.15) is 5.78 Å². The minimum Gasteiger partial charge on any atom is -0.447 e. The van der Waals surface area contributed by atoms with Crippen LogP contribution in [0, 0.1) is 0 Å². The van der Waals surface area contributed by atoms with Crippen molar-refractivity contribution in [2.45, 2.75) is 26.9 Å². The number of rotatable bonds is 3. The Labute approximate surface area is 65.9 Å². The Hall–Kier alpha value is -1.06. The first-order valence-electron chi connectivity index (χ1n) is 3.46. The van der Waals surface area contributed by atoms with Crippen LogP contribution in [0.2, 0.25) is 0 Å². The number of Topliss-reactive ketones (excluding diaryl/α,β-unsaturated/α-hetero) is 1. The molecule has 0 spiro atoms. The molecule has 0 unspecified atom stereocenters. The van der Waals surface area contributed by atoms with Crippen LogP contribution in [0.5, 0.6) is 0 Å². The number of alkyl carbamates (subject to hydrolysis) is 1. The van der Waals surface area contributed by atoms with Crippen molar-refractivity contribution in [1.82, 2.24) is 5.32 Å². The average molecular weight is 159 g/mol. The van der Waals surface area contributed by atoms with Gasteiger partial charge in [0.25, 0.3) is 0 Å². The van der Waals surface area contributed by atoms with Crippen molar-refractivity contribution < 1.29 is 14.3 Å². The molecule has 0 rings (SSSR count). The Bertz CT molecular complexity index is 154. The van der Waals surface area contributed by atoms with E-state index in [1.807, 2.05) is 0 Å². The SMILES string of the molecule is CC(=O)CNC(=O)OC(C)C. The van der Waals surface area contributed by atoms with Crippen molar-refractivity contribution in [2.24, 2.45) is 0 Å². The molecule has 0 fully saturated rings. The monoisotopic (exact) mass is 159 g/mol. The van der Waals surface area contributed by atoms with Gasteiger partial charge in [-0.1, -0.05) is 0 Å². The van der Waals surface area contributed by atoms with Crippen LogP contribution >= 0.6 is 0 Å². The molecule has 0 aromatic rings. The van der Waals surface area contributed by atoms with E-state index in [2.05, 4.69) is 5.32 Å². The minimum absolute atomic E-state index is 0.0333. The first-order chi connectivity index (χ1) is 5.02. The Morgan fingerprint density at radius 3 is 2.36 bits per heavy atom. The molecule has 0 aromatic carbocycles. The van der Waals surface area contributed by atoms with Gasteiger partial charge in [0.2, 0.25) is 0 Å². The van der Waals surface area contributed by atoms with Crippen LogP contribution in [0.4, 0.5) is 4.79 Å². The van der Waals surface area contributed by atoms with E-state index in [1.165, 1.54) is 6.92 Å². The van der Waals surface area contributed by atoms with Gasteiger partial charge >= 0.3 is 6.09 Å². The molecule has 0 bridgehead atoms. The van der Waals surface area contributed by atoms with Crippen molar-refractivity contribution in [3.63, 3.8) is 0 Å². The number of hydrogen-bond acceptors (Lipinski definition) is 3. The lowest BCUT2D eigenvalue weighted by molar-refractivity contribution is -0.116. The minimum atomic E-state index is -0.546. The van der Waals surface area contributed by atoms with E-state index >= 15 is 0 Å². The molecule has 0 aliphatic heterocycles. The van der Waals surface area contributed by atoms with E-state index in [0.29, 0.717) is 0 Å². The number of ketones is 1. The van der Waals surface area contributed by atoms with E-state index in [-0.39, 0.29) is 18.4 Å². The average Bonchev–Trinajstić information content (AvgIpc) is 1.82. The number of carbonyl (C=O) groups excluding carboxylic acids is 2. The fourth-order valence-corrected chi connectivity index (χ4v) is 0.452. The van der Waals surface area contributed by atoms with E-state index in [9.17, 15) is 9.59 Å². The number of amides is 1. The molecule has 0 saturated carbocycles. The predicted octanol–water partition coefficient (Wildman–Crippen LogP) is 0.710. The van der Waals surface area contributed by atoms with Crippen LogP contribution in [-0.2, 0) is 9.53 Å². The van der Waals surface area contributed by atoms with Gasteiger partial charge in [0, 0.05) is 0 Å². The highest BCUT2D eigenvalue weighted by Gasteiger charge is 2.03. The molecule has 0 aliphatic carbocycles. The maximum atomic E-state index is 10.7. The zero-order valence-corrected chi connectivity index (χ0v) is 7.01. The summed E-state index contributed by atoms with van der Waals surface area (Å²) in [6, 6.07) is 0. The van der Waals surface area contributed by atoms with Gasteiger partial charge in [-0.3, -0.25) is 4.79 Å². The van der Waals surface area contributed by atoms with Crippen LogP contribution in [0.3, 0.4) is 0 Å². The zero-order valence-electron chi connectivity index (χ0n) is 7.01. The predicted molar refractivity (Wildman–Crippen MR) is 40.3 cm³/mol. The second-order valence-electron chi connectivity index (χ2n) is 2.51. The highest BCUT2D eigenvalue weighted by atomic mass is 16.6. The summed E-state index contributed by atoms with van der Waals surface area (Å²) in [5.41, 5.74) is 0. The largest absolute Gasteiger partial charge is 0.447 e. The van der Waals surface area contributed by atoms with Gasteiger partial charge in [-0.25, -0.2) is 4.79 Å². The summed E-state index contributed by atoms with van der Waals surface area (Å²) in [5, 5.41) is 2.30. The van der Waals surface area contributed by atoms with E-state index in [4.69, 9.17) is 4.74 Å². The molecule has 11 heavy (non-hydrogen) atoms. The van der Waals surface area contributed by atoms with Crippen molar-refractivity contribution >= 4 is 11.9 Å². The maximum absolute atomic E-state index is 10.7. The summed E-state index contributed by atoms with van der Waals surface area (Å²) in [6.07, 6.45) is -0.697. The topological polar surface area (TPSA) is 55.4 Å². The van der Waals surface area contributed by atoms with Gasteiger partial charge in [-0.05, 0) is 20.8 Å². The number of nitrogens with one attached hydrogen (secondary N) is 1. The smallest absolute Gasteiger partial charge is 0.407 e. The van der Waals surface area contributed by atoms with Crippen LogP contribution in [-0.4, -0.2) is 24.5 Å². The fourth-order valence-electron chi connectivity index (χ4n) is 0.452. The number of hydrogen-bond donors (Lipinski definition) is 1. The van der Waals surface area contributed by atoms with Gasteiger partial charge in [-0.15, -0.1) is 0 Å². The lowest BCUT2D eigenvalue weighted by atomic mass is 10.4. The lowest BCUT2D eigenvalue weighted by Gasteiger charge is -2.07. The molecule has 0 atom stereocenters. The molecule has 4 heteroatoms. The van der Waals surface area contributed by atoms with Crippen molar-refractivity contribution in [3.8, 4) is 0 Å². The molecule has 0 aliphatic rings. The van der Waals surface area contributed by atoms with E-state index < -0.39 is 6.09 Å². The number of ether oxygens (including phenoxy) is 1. The summed E-state index contributed by atoms with van der Waals surface area (Å²) in [6.45, 7) is 4.92. The van der Waals surface area contributed by atoms with Crippen LogP contribution < -0.4 is 5.32 Å². The van der Waals surface area contributed by atoms with Crippen LogP contribution in [0.1, 0.15) is 20.8 Å². The molecule has 0 saturated heterocycles. The normalized spacial score (nSPS) is 9.45. The molecule has 64 valence electrons. The summed E-state index contributed by atoms with van der Waals surface area (Å²) < 4.78 is 4.70. The van der Waals surface area contributed by atoms with Gasteiger partial charge < -0.3 is 10.1 Å². The molecule has 4 nitrogen and oxygen atoms in total. The quantitative estimate of drug-likeness (QED) is 0.659. The third kappa shape index (κ3) is 6.83.